The highest BCUT2D eigenvalue weighted by atomic mass is 35.5. The zero-order valence-corrected chi connectivity index (χ0v) is 12.7. The summed E-state index contributed by atoms with van der Waals surface area (Å²) in [5, 5.41) is 12.2. The number of para-hydroxylation sites is 1. The molecule has 0 unspecified atom stereocenters. The zero-order valence-electron chi connectivity index (χ0n) is 12.0. The van der Waals surface area contributed by atoms with Crippen molar-refractivity contribution < 1.29 is 14.1 Å². The topological polar surface area (TPSA) is 91.3 Å². The number of ether oxygens (including phenoxy) is 1. The van der Waals surface area contributed by atoms with Gasteiger partial charge in [0.2, 0.25) is 11.3 Å². The van der Waals surface area contributed by atoms with Gasteiger partial charge in [0.1, 0.15) is 17.4 Å². The second kappa shape index (κ2) is 5.47. The van der Waals surface area contributed by atoms with E-state index in [2.05, 4.69) is 9.97 Å². The number of fused-ring (bicyclic) bond motifs is 3. The Kier molecular flexibility index (Phi) is 3.28. The smallest absolute Gasteiger partial charge is 0.313 e. The number of nitro benzene ring substituents is 1. The third-order valence-corrected chi connectivity index (χ3v) is 3.68. The summed E-state index contributed by atoms with van der Waals surface area (Å²) in [6.07, 6.45) is 1.32. The minimum atomic E-state index is -0.571. The zero-order chi connectivity index (χ0) is 16.7. The highest BCUT2D eigenvalue weighted by Gasteiger charge is 2.20. The lowest BCUT2D eigenvalue weighted by atomic mass is 10.2. The average Bonchev–Trinajstić information content (AvgIpc) is 2.96. The van der Waals surface area contributed by atoms with Gasteiger partial charge in [-0.2, -0.15) is 4.98 Å². The molecular formula is C16H8ClN3O4. The van der Waals surface area contributed by atoms with Gasteiger partial charge in [-0.1, -0.05) is 23.7 Å². The van der Waals surface area contributed by atoms with Crippen LogP contribution in [-0.4, -0.2) is 14.9 Å². The van der Waals surface area contributed by atoms with Crippen LogP contribution >= 0.6 is 11.6 Å². The van der Waals surface area contributed by atoms with Crippen molar-refractivity contribution in [2.24, 2.45) is 0 Å². The Morgan fingerprint density at radius 1 is 1.17 bits per heavy atom. The standard InChI is InChI=1S/C16H8ClN3O4/c17-9-5-6-13(11(7-9)20(21)22)24-16-15-14(18-8-19-16)10-3-1-2-4-12(10)23-15/h1-8H. The summed E-state index contributed by atoms with van der Waals surface area (Å²) in [5.41, 5.74) is 1.27. The number of hydrogen-bond acceptors (Lipinski definition) is 6. The molecule has 0 aliphatic rings. The molecule has 0 saturated carbocycles. The molecule has 0 radical (unpaired) electrons. The third-order valence-electron chi connectivity index (χ3n) is 3.45. The summed E-state index contributed by atoms with van der Waals surface area (Å²) >= 11 is 5.81. The van der Waals surface area contributed by atoms with Gasteiger partial charge in [-0.15, -0.1) is 0 Å². The highest BCUT2D eigenvalue weighted by molar-refractivity contribution is 6.30. The Balaban J connectivity index is 1.88. The van der Waals surface area contributed by atoms with Crippen molar-refractivity contribution >= 4 is 39.4 Å². The Morgan fingerprint density at radius 3 is 2.83 bits per heavy atom. The molecule has 0 aliphatic carbocycles. The quantitative estimate of drug-likeness (QED) is 0.395. The predicted octanol–water partition coefficient (Wildman–Crippen LogP) is 4.73. The molecule has 0 N–H and O–H groups in total. The molecule has 24 heavy (non-hydrogen) atoms. The average molecular weight is 342 g/mol. The normalized spacial score (nSPS) is 11.0. The lowest BCUT2D eigenvalue weighted by molar-refractivity contribution is -0.385. The number of nitrogens with zero attached hydrogens (tertiary/aromatic N) is 3. The van der Waals surface area contributed by atoms with Gasteiger partial charge in [-0.05, 0) is 24.3 Å². The number of rotatable bonds is 3. The highest BCUT2D eigenvalue weighted by Crippen LogP contribution is 2.37. The minimum Gasteiger partial charge on any atom is -0.449 e. The van der Waals surface area contributed by atoms with Gasteiger partial charge in [0.05, 0.1) is 4.92 Å². The van der Waals surface area contributed by atoms with Crippen LogP contribution in [-0.2, 0) is 0 Å². The number of halogens is 1. The van der Waals surface area contributed by atoms with Crippen molar-refractivity contribution in [2.45, 2.75) is 0 Å². The summed E-state index contributed by atoms with van der Waals surface area (Å²) in [7, 11) is 0. The monoisotopic (exact) mass is 341 g/mol. The van der Waals surface area contributed by atoms with E-state index < -0.39 is 4.92 Å². The Labute approximate surface area is 139 Å². The summed E-state index contributed by atoms with van der Waals surface area (Å²) in [6.45, 7) is 0. The first-order chi connectivity index (χ1) is 11.6. The van der Waals surface area contributed by atoms with Crippen LogP contribution in [0.1, 0.15) is 0 Å². The van der Waals surface area contributed by atoms with Crippen LogP contribution in [0.3, 0.4) is 0 Å². The number of benzene rings is 2. The van der Waals surface area contributed by atoms with Crippen LogP contribution in [0.15, 0.2) is 53.2 Å². The van der Waals surface area contributed by atoms with Crippen LogP contribution in [0.5, 0.6) is 11.6 Å². The third kappa shape index (κ3) is 2.31. The van der Waals surface area contributed by atoms with Crippen molar-refractivity contribution in [1.29, 1.82) is 0 Å². The van der Waals surface area contributed by atoms with Crippen molar-refractivity contribution in [3.05, 3.63) is 63.9 Å². The molecular weight excluding hydrogens is 334 g/mol. The Morgan fingerprint density at radius 2 is 2.00 bits per heavy atom. The molecule has 2 aromatic carbocycles. The molecule has 8 heteroatoms. The van der Waals surface area contributed by atoms with Crippen molar-refractivity contribution in [2.75, 3.05) is 0 Å². The van der Waals surface area contributed by atoms with E-state index in [1.807, 2.05) is 18.2 Å². The fraction of sp³-hybridized carbons (Fsp3) is 0. The lowest BCUT2D eigenvalue weighted by Gasteiger charge is -2.05. The molecule has 2 aromatic heterocycles. The maximum absolute atomic E-state index is 11.2. The van der Waals surface area contributed by atoms with E-state index in [1.165, 1.54) is 24.5 Å². The van der Waals surface area contributed by atoms with Gasteiger partial charge in [-0.25, -0.2) is 4.98 Å². The molecule has 0 spiro atoms. The summed E-state index contributed by atoms with van der Waals surface area (Å²) in [4.78, 5) is 18.8. The van der Waals surface area contributed by atoms with Gasteiger partial charge < -0.3 is 9.15 Å². The molecule has 4 rings (SSSR count). The maximum atomic E-state index is 11.2. The Bertz CT molecular complexity index is 1090. The first kappa shape index (κ1) is 14.4. The van der Waals surface area contributed by atoms with E-state index in [0.717, 1.165) is 5.39 Å². The van der Waals surface area contributed by atoms with Crippen LogP contribution in [0, 0.1) is 10.1 Å². The van der Waals surface area contributed by atoms with Gasteiger partial charge >= 0.3 is 5.69 Å². The van der Waals surface area contributed by atoms with Gasteiger partial charge in [0, 0.05) is 16.5 Å². The van der Waals surface area contributed by atoms with Crippen molar-refractivity contribution in [3.8, 4) is 11.6 Å². The van der Waals surface area contributed by atoms with Gasteiger partial charge in [-0.3, -0.25) is 10.1 Å². The summed E-state index contributed by atoms with van der Waals surface area (Å²) in [5.74, 6) is 0.117. The number of hydrogen-bond donors (Lipinski definition) is 0. The summed E-state index contributed by atoms with van der Waals surface area (Å²) in [6, 6.07) is 11.5. The van der Waals surface area contributed by atoms with E-state index >= 15 is 0 Å². The van der Waals surface area contributed by atoms with Crippen molar-refractivity contribution in [3.63, 3.8) is 0 Å². The molecule has 0 atom stereocenters. The molecule has 7 nitrogen and oxygen atoms in total. The van der Waals surface area contributed by atoms with Crippen LogP contribution in [0.25, 0.3) is 22.1 Å². The molecule has 0 bridgehead atoms. The van der Waals surface area contributed by atoms with E-state index in [4.69, 9.17) is 20.8 Å². The molecule has 0 aliphatic heterocycles. The molecule has 118 valence electrons. The second-order valence-electron chi connectivity index (χ2n) is 4.93. The molecule has 0 amide bonds. The predicted molar refractivity (Wildman–Crippen MR) is 87.5 cm³/mol. The number of furan rings is 1. The van der Waals surface area contributed by atoms with E-state index in [-0.39, 0.29) is 22.3 Å². The summed E-state index contributed by atoms with van der Waals surface area (Å²) < 4.78 is 11.4. The van der Waals surface area contributed by atoms with Crippen LogP contribution < -0.4 is 4.74 Å². The largest absolute Gasteiger partial charge is 0.449 e. The van der Waals surface area contributed by atoms with E-state index in [1.54, 1.807) is 6.07 Å². The van der Waals surface area contributed by atoms with E-state index in [0.29, 0.717) is 16.7 Å². The molecule has 0 saturated heterocycles. The van der Waals surface area contributed by atoms with Crippen molar-refractivity contribution in [1.82, 2.24) is 9.97 Å². The van der Waals surface area contributed by atoms with Gasteiger partial charge in [0.25, 0.3) is 5.88 Å². The van der Waals surface area contributed by atoms with Gasteiger partial charge in [0.15, 0.2) is 0 Å². The number of nitro groups is 1. The minimum absolute atomic E-state index is 0.0184. The SMILES string of the molecule is O=[N+]([O-])c1cc(Cl)ccc1Oc1ncnc2c1oc1ccccc12. The fourth-order valence-electron chi connectivity index (χ4n) is 2.40. The Hall–Kier alpha value is -3.19. The lowest BCUT2D eigenvalue weighted by Crippen LogP contribution is -1.95. The molecule has 2 heterocycles. The van der Waals surface area contributed by atoms with Crippen LogP contribution in [0.4, 0.5) is 5.69 Å². The maximum Gasteiger partial charge on any atom is 0.313 e. The second-order valence-corrected chi connectivity index (χ2v) is 5.36. The van der Waals surface area contributed by atoms with E-state index in [9.17, 15) is 10.1 Å². The van der Waals surface area contributed by atoms with Crippen LogP contribution in [0.2, 0.25) is 5.02 Å². The number of aromatic nitrogens is 2. The molecule has 4 aromatic rings. The first-order valence-electron chi connectivity index (χ1n) is 6.87. The molecule has 0 fully saturated rings. The fourth-order valence-corrected chi connectivity index (χ4v) is 2.57. The first-order valence-corrected chi connectivity index (χ1v) is 7.25.